The number of aromatic nitrogens is 2. The summed E-state index contributed by atoms with van der Waals surface area (Å²) in [6.07, 6.45) is 4.01. The van der Waals surface area contributed by atoms with Crippen LogP contribution in [0.4, 0.5) is 5.69 Å². The van der Waals surface area contributed by atoms with Gasteiger partial charge in [0, 0.05) is 20.1 Å². The summed E-state index contributed by atoms with van der Waals surface area (Å²) in [6, 6.07) is 0. The quantitative estimate of drug-likeness (QED) is 0.833. The van der Waals surface area contributed by atoms with E-state index in [1.165, 1.54) is 4.68 Å². The summed E-state index contributed by atoms with van der Waals surface area (Å²) in [5.41, 5.74) is 0.798. The van der Waals surface area contributed by atoms with Crippen molar-refractivity contribution in [3.63, 3.8) is 0 Å². The second kappa shape index (κ2) is 6.03. The minimum atomic E-state index is -0.0903. The van der Waals surface area contributed by atoms with Gasteiger partial charge >= 0.3 is 0 Å². The molecule has 0 unspecified atom stereocenters. The standard InChI is InChI=1S/C11H18BrN3O/c1-4-6-7-15(5-2)9-8-13-14(3)11(16)10(9)12/h8H,4-7H2,1-3H3. The van der Waals surface area contributed by atoms with E-state index >= 15 is 0 Å². The fraction of sp³-hybridized carbons (Fsp3) is 0.636. The highest BCUT2D eigenvalue weighted by Gasteiger charge is 2.12. The fourth-order valence-electron chi connectivity index (χ4n) is 1.52. The summed E-state index contributed by atoms with van der Waals surface area (Å²) in [5, 5.41) is 4.05. The van der Waals surface area contributed by atoms with Crippen LogP contribution >= 0.6 is 15.9 Å². The number of rotatable bonds is 5. The molecule has 0 saturated heterocycles. The lowest BCUT2D eigenvalue weighted by molar-refractivity contribution is 0.684. The van der Waals surface area contributed by atoms with Crippen molar-refractivity contribution in [2.24, 2.45) is 7.05 Å². The van der Waals surface area contributed by atoms with Gasteiger partial charge < -0.3 is 4.90 Å². The molecule has 0 aliphatic rings. The van der Waals surface area contributed by atoms with E-state index in [1.54, 1.807) is 13.2 Å². The third kappa shape index (κ3) is 2.84. The minimum Gasteiger partial charge on any atom is -0.369 e. The second-order valence-corrected chi connectivity index (χ2v) is 4.50. The van der Waals surface area contributed by atoms with Crippen molar-refractivity contribution in [3.8, 4) is 0 Å². The van der Waals surface area contributed by atoms with Crippen LogP contribution in [0.2, 0.25) is 0 Å². The molecule has 4 nitrogen and oxygen atoms in total. The van der Waals surface area contributed by atoms with Gasteiger partial charge in [-0.05, 0) is 29.3 Å². The molecule has 5 heteroatoms. The van der Waals surface area contributed by atoms with Gasteiger partial charge in [0.05, 0.1) is 11.9 Å². The zero-order chi connectivity index (χ0) is 12.1. The monoisotopic (exact) mass is 287 g/mol. The first kappa shape index (κ1) is 13.2. The van der Waals surface area contributed by atoms with Crippen LogP contribution in [0.3, 0.4) is 0 Å². The summed E-state index contributed by atoms with van der Waals surface area (Å²) < 4.78 is 1.93. The number of halogens is 1. The molecular weight excluding hydrogens is 270 g/mol. The highest BCUT2D eigenvalue weighted by Crippen LogP contribution is 2.21. The van der Waals surface area contributed by atoms with E-state index in [0.717, 1.165) is 31.6 Å². The molecule has 90 valence electrons. The minimum absolute atomic E-state index is 0.0903. The van der Waals surface area contributed by atoms with Crippen molar-refractivity contribution >= 4 is 21.6 Å². The van der Waals surface area contributed by atoms with Crippen LogP contribution in [-0.2, 0) is 7.05 Å². The topological polar surface area (TPSA) is 38.1 Å². The van der Waals surface area contributed by atoms with Crippen LogP contribution in [0, 0.1) is 0 Å². The molecule has 0 saturated carbocycles. The van der Waals surface area contributed by atoms with Gasteiger partial charge in [-0.3, -0.25) is 4.79 Å². The Morgan fingerprint density at radius 3 is 2.75 bits per heavy atom. The molecular formula is C11H18BrN3O. The van der Waals surface area contributed by atoms with Crippen LogP contribution in [0.1, 0.15) is 26.7 Å². The van der Waals surface area contributed by atoms with Gasteiger partial charge in [0.25, 0.3) is 5.56 Å². The first-order valence-corrected chi connectivity index (χ1v) is 6.37. The maximum atomic E-state index is 11.7. The Bertz CT molecular complexity index is 403. The predicted molar refractivity (Wildman–Crippen MR) is 70.0 cm³/mol. The van der Waals surface area contributed by atoms with Crippen LogP contribution in [-0.4, -0.2) is 22.9 Å². The summed E-state index contributed by atoms with van der Waals surface area (Å²) in [5.74, 6) is 0. The molecule has 1 aromatic heterocycles. The van der Waals surface area contributed by atoms with Gasteiger partial charge in [-0.2, -0.15) is 5.10 Å². The summed E-state index contributed by atoms with van der Waals surface area (Å²) in [4.78, 5) is 13.9. The Labute approximate surface area is 104 Å². The number of anilines is 1. The average Bonchev–Trinajstić information content (AvgIpc) is 2.29. The van der Waals surface area contributed by atoms with Gasteiger partial charge in [0.15, 0.2) is 0 Å². The maximum Gasteiger partial charge on any atom is 0.282 e. The number of unbranched alkanes of at least 4 members (excludes halogenated alkanes) is 1. The van der Waals surface area contributed by atoms with Crippen molar-refractivity contribution in [2.75, 3.05) is 18.0 Å². The molecule has 1 rings (SSSR count). The number of hydrogen-bond donors (Lipinski definition) is 0. The lowest BCUT2D eigenvalue weighted by Gasteiger charge is -2.23. The number of nitrogens with zero attached hydrogens (tertiary/aromatic N) is 3. The van der Waals surface area contributed by atoms with Gasteiger partial charge in [-0.25, -0.2) is 4.68 Å². The van der Waals surface area contributed by atoms with Gasteiger partial charge in [-0.1, -0.05) is 13.3 Å². The van der Waals surface area contributed by atoms with E-state index in [4.69, 9.17) is 0 Å². The molecule has 1 aromatic rings. The van der Waals surface area contributed by atoms with Crippen LogP contribution < -0.4 is 10.5 Å². The smallest absolute Gasteiger partial charge is 0.282 e. The molecule has 0 aliphatic heterocycles. The molecule has 0 atom stereocenters. The largest absolute Gasteiger partial charge is 0.369 e. The van der Waals surface area contributed by atoms with Crippen molar-refractivity contribution in [1.82, 2.24) is 9.78 Å². The molecule has 16 heavy (non-hydrogen) atoms. The lowest BCUT2D eigenvalue weighted by atomic mass is 10.3. The van der Waals surface area contributed by atoms with Crippen molar-refractivity contribution in [2.45, 2.75) is 26.7 Å². The molecule has 0 bridgehead atoms. The lowest BCUT2D eigenvalue weighted by Crippen LogP contribution is -2.29. The molecule has 0 aromatic carbocycles. The highest BCUT2D eigenvalue weighted by molar-refractivity contribution is 9.10. The van der Waals surface area contributed by atoms with Crippen LogP contribution in [0.5, 0.6) is 0 Å². The normalized spacial score (nSPS) is 10.5. The number of hydrogen-bond acceptors (Lipinski definition) is 3. The molecule has 0 aliphatic carbocycles. The first-order chi connectivity index (χ1) is 7.61. The first-order valence-electron chi connectivity index (χ1n) is 5.58. The van der Waals surface area contributed by atoms with E-state index in [-0.39, 0.29) is 5.56 Å². The Kier molecular flexibility index (Phi) is 4.99. The van der Waals surface area contributed by atoms with Gasteiger partial charge in [-0.15, -0.1) is 0 Å². The predicted octanol–water partition coefficient (Wildman–Crippen LogP) is 2.17. The van der Waals surface area contributed by atoms with Gasteiger partial charge in [0.2, 0.25) is 0 Å². The SMILES string of the molecule is CCCCN(CC)c1cnn(C)c(=O)c1Br. The van der Waals surface area contributed by atoms with Crippen LogP contribution in [0.15, 0.2) is 15.5 Å². The Morgan fingerprint density at radius 2 is 2.19 bits per heavy atom. The van der Waals surface area contributed by atoms with Crippen LogP contribution in [0.25, 0.3) is 0 Å². The van der Waals surface area contributed by atoms with E-state index in [1.807, 2.05) is 0 Å². The molecule has 1 heterocycles. The second-order valence-electron chi connectivity index (χ2n) is 3.71. The highest BCUT2D eigenvalue weighted by atomic mass is 79.9. The van der Waals surface area contributed by atoms with E-state index in [0.29, 0.717) is 4.47 Å². The maximum absolute atomic E-state index is 11.7. The van der Waals surface area contributed by atoms with Crippen molar-refractivity contribution in [1.29, 1.82) is 0 Å². The summed E-state index contributed by atoms with van der Waals surface area (Å²) in [7, 11) is 1.65. The van der Waals surface area contributed by atoms with Crippen molar-refractivity contribution in [3.05, 3.63) is 21.0 Å². The third-order valence-corrected chi connectivity index (χ3v) is 3.31. The molecule has 0 N–H and O–H groups in total. The van der Waals surface area contributed by atoms with E-state index in [9.17, 15) is 4.79 Å². The Morgan fingerprint density at radius 1 is 1.50 bits per heavy atom. The van der Waals surface area contributed by atoms with Crippen molar-refractivity contribution < 1.29 is 0 Å². The van der Waals surface area contributed by atoms with E-state index < -0.39 is 0 Å². The Balaban J connectivity index is 3.01. The summed E-state index contributed by atoms with van der Waals surface area (Å²) in [6.45, 7) is 6.08. The van der Waals surface area contributed by atoms with E-state index in [2.05, 4.69) is 39.8 Å². The van der Waals surface area contributed by atoms with Gasteiger partial charge in [0.1, 0.15) is 4.47 Å². The molecule has 0 spiro atoms. The Hall–Kier alpha value is -0.840. The average molecular weight is 288 g/mol. The third-order valence-electron chi connectivity index (χ3n) is 2.56. The zero-order valence-electron chi connectivity index (χ0n) is 10.0. The molecule has 0 radical (unpaired) electrons. The number of aryl methyl sites for hydroxylation is 1. The zero-order valence-corrected chi connectivity index (χ0v) is 11.6. The molecule has 0 fully saturated rings. The summed E-state index contributed by atoms with van der Waals surface area (Å²) >= 11 is 3.35. The molecule has 0 amide bonds. The fourth-order valence-corrected chi connectivity index (χ4v) is 2.13.